The third kappa shape index (κ3) is 5.11. The first-order valence-corrected chi connectivity index (χ1v) is 10.9. The molecule has 0 amide bonds. The Labute approximate surface area is 184 Å². The van der Waals surface area contributed by atoms with Crippen molar-refractivity contribution in [3.63, 3.8) is 0 Å². The summed E-state index contributed by atoms with van der Waals surface area (Å²) in [5.41, 5.74) is 0.381. The average molecular weight is 485 g/mol. The molecule has 0 fully saturated rings. The topological polar surface area (TPSA) is 95.4 Å². The zero-order chi connectivity index (χ0) is 22.9. The molecule has 2 aromatic carbocycles. The third-order valence-electron chi connectivity index (χ3n) is 4.15. The zero-order valence-corrected chi connectivity index (χ0v) is 17.4. The van der Waals surface area contributed by atoms with Gasteiger partial charge in [0.1, 0.15) is 17.3 Å². The Morgan fingerprint density at radius 1 is 0.969 bits per heavy atom. The van der Waals surface area contributed by atoms with Crippen molar-refractivity contribution in [2.45, 2.75) is 17.0 Å². The normalized spacial score (nSPS) is 12.1. The van der Waals surface area contributed by atoms with Crippen LogP contribution in [0.15, 0.2) is 74.5 Å². The highest BCUT2D eigenvalue weighted by Crippen LogP contribution is 2.28. The second-order valence-corrected chi connectivity index (χ2v) is 8.90. The van der Waals surface area contributed by atoms with E-state index in [9.17, 15) is 21.6 Å². The van der Waals surface area contributed by atoms with Gasteiger partial charge in [-0.2, -0.15) is 4.98 Å². The minimum Gasteiger partial charge on any atom is -0.455 e. The summed E-state index contributed by atoms with van der Waals surface area (Å²) >= 11 is 5.78. The quantitative estimate of drug-likeness (QED) is 0.355. The second-order valence-electron chi connectivity index (χ2n) is 6.47. The molecule has 7 nitrogen and oxygen atoms in total. The Morgan fingerprint density at radius 3 is 2.31 bits per heavy atom. The van der Waals surface area contributed by atoms with E-state index in [1.807, 2.05) is 0 Å². The van der Waals surface area contributed by atoms with Crippen LogP contribution < -0.4 is 4.74 Å². The molecule has 32 heavy (non-hydrogen) atoms. The number of hydrogen-bond donors (Lipinski definition) is 0. The van der Waals surface area contributed by atoms with Crippen molar-refractivity contribution in [2.75, 3.05) is 0 Å². The van der Waals surface area contributed by atoms with Crippen molar-refractivity contribution in [1.29, 1.82) is 0 Å². The van der Waals surface area contributed by atoms with Crippen LogP contribution in [0.2, 0.25) is 5.02 Å². The van der Waals surface area contributed by atoms with Gasteiger partial charge in [0.05, 0.1) is 4.90 Å². The van der Waals surface area contributed by atoms with Crippen LogP contribution in [0.3, 0.4) is 0 Å². The summed E-state index contributed by atoms with van der Waals surface area (Å²) < 4.78 is 76.3. The van der Waals surface area contributed by atoms with Crippen LogP contribution in [0.5, 0.6) is 5.75 Å². The predicted molar refractivity (Wildman–Crippen MR) is 106 cm³/mol. The number of hydrogen-bond acceptors (Lipinski definition) is 7. The van der Waals surface area contributed by atoms with Crippen LogP contribution in [0.4, 0.5) is 13.2 Å². The number of aromatic nitrogens is 2. The molecule has 0 saturated heterocycles. The summed E-state index contributed by atoms with van der Waals surface area (Å²) in [5, 5.41) is 4.18. The zero-order valence-electron chi connectivity index (χ0n) is 15.8. The Kier molecular flexibility index (Phi) is 5.70. The van der Waals surface area contributed by atoms with E-state index in [2.05, 4.69) is 14.9 Å². The largest absolute Gasteiger partial charge is 0.573 e. The van der Waals surface area contributed by atoms with Crippen molar-refractivity contribution in [3.05, 3.63) is 71.4 Å². The van der Waals surface area contributed by atoms with Gasteiger partial charge in [0.25, 0.3) is 5.89 Å². The van der Waals surface area contributed by atoms with E-state index in [1.165, 1.54) is 48.5 Å². The van der Waals surface area contributed by atoms with Gasteiger partial charge in [-0.05, 0) is 60.7 Å². The summed E-state index contributed by atoms with van der Waals surface area (Å²) in [4.78, 5) is 4.23. The van der Waals surface area contributed by atoms with Gasteiger partial charge in [-0.25, -0.2) is 8.42 Å². The fourth-order valence-corrected chi connectivity index (χ4v) is 4.10. The van der Waals surface area contributed by atoms with E-state index in [0.29, 0.717) is 10.6 Å². The SMILES string of the molecule is O=S(=O)(Cc1ccc(-c2nc(-c3ccc(OC(F)(F)F)cc3)no2)o1)c1ccc(Cl)cc1. The minimum absolute atomic E-state index is 0.0224. The van der Waals surface area contributed by atoms with Gasteiger partial charge in [0.2, 0.25) is 5.82 Å². The van der Waals surface area contributed by atoms with Crippen LogP contribution in [0.25, 0.3) is 23.0 Å². The molecule has 0 spiro atoms. The average Bonchev–Trinajstić information content (AvgIpc) is 3.37. The van der Waals surface area contributed by atoms with Gasteiger partial charge in [-0.3, -0.25) is 0 Å². The molecule has 0 unspecified atom stereocenters. The molecule has 4 rings (SSSR count). The second kappa shape index (κ2) is 8.32. The highest BCUT2D eigenvalue weighted by atomic mass is 35.5. The highest BCUT2D eigenvalue weighted by Gasteiger charge is 2.31. The van der Waals surface area contributed by atoms with E-state index in [0.717, 1.165) is 12.1 Å². The number of rotatable bonds is 6. The number of nitrogens with zero attached hydrogens (tertiary/aromatic N) is 2. The Balaban J connectivity index is 1.49. The summed E-state index contributed by atoms with van der Waals surface area (Å²) in [6.45, 7) is 0. The first-order chi connectivity index (χ1) is 15.1. The maximum Gasteiger partial charge on any atom is 0.573 e. The summed E-state index contributed by atoms with van der Waals surface area (Å²) in [7, 11) is -3.66. The Morgan fingerprint density at radius 2 is 1.66 bits per heavy atom. The molecular formula is C20H12ClF3N2O5S. The highest BCUT2D eigenvalue weighted by molar-refractivity contribution is 7.90. The maximum absolute atomic E-state index is 12.5. The van der Waals surface area contributed by atoms with Gasteiger partial charge in [-0.1, -0.05) is 16.8 Å². The maximum atomic E-state index is 12.5. The van der Waals surface area contributed by atoms with Crippen molar-refractivity contribution < 1.29 is 35.3 Å². The molecule has 0 radical (unpaired) electrons. The molecule has 4 aromatic rings. The number of furan rings is 1. The van der Waals surface area contributed by atoms with Crippen LogP contribution in [-0.2, 0) is 15.6 Å². The first-order valence-electron chi connectivity index (χ1n) is 8.86. The number of alkyl halides is 3. The molecule has 2 aromatic heterocycles. The van der Waals surface area contributed by atoms with Gasteiger partial charge in [0.15, 0.2) is 15.6 Å². The molecule has 2 heterocycles. The van der Waals surface area contributed by atoms with Crippen LogP contribution in [0, 0.1) is 0 Å². The molecule has 0 bridgehead atoms. The smallest absolute Gasteiger partial charge is 0.455 e. The summed E-state index contributed by atoms with van der Waals surface area (Å²) in [5.74, 6) is -0.403. The lowest BCUT2D eigenvalue weighted by atomic mass is 10.2. The fourth-order valence-electron chi connectivity index (χ4n) is 2.73. The van der Waals surface area contributed by atoms with Gasteiger partial charge in [0, 0.05) is 10.6 Å². The fraction of sp³-hybridized carbons (Fsp3) is 0.100. The molecule has 0 aliphatic rings. The predicted octanol–water partition coefficient (Wildman–Crippen LogP) is 5.52. The van der Waals surface area contributed by atoms with Crippen LogP contribution in [-0.4, -0.2) is 24.9 Å². The van der Waals surface area contributed by atoms with Crippen LogP contribution >= 0.6 is 11.6 Å². The molecule has 12 heteroatoms. The van der Waals surface area contributed by atoms with Gasteiger partial charge >= 0.3 is 6.36 Å². The lowest BCUT2D eigenvalue weighted by Gasteiger charge is -2.08. The molecule has 0 atom stereocenters. The third-order valence-corrected chi connectivity index (χ3v) is 6.06. The molecule has 0 aliphatic carbocycles. The lowest BCUT2D eigenvalue weighted by molar-refractivity contribution is -0.274. The monoisotopic (exact) mass is 484 g/mol. The van der Waals surface area contributed by atoms with E-state index in [4.69, 9.17) is 20.5 Å². The van der Waals surface area contributed by atoms with Gasteiger partial charge < -0.3 is 13.7 Å². The van der Waals surface area contributed by atoms with E-state index >= 15 is 0 Å². The van der Waals surface area contributed by atoms with E-state index in [-0.39, 0.29) is 33.9 Å². The minimum atomic E-state index is -4.79. The van der Waals surface area contributed by atoms with Crippen LogP contribution in [0.1, 0.15) is 5.76 Å². The lowest BCUT2D eigenvalue weighted by Crippen LogP contribution is -2.16. The van der Waals surface area contributed by atoms with Gasteiger partial charge in [-0.15, -0.1) is 13.2 Å². The summed E-state index contributed by atoms with van der Waals surface area (Å²) in [6, 6.07) is 13.6. The first kappa shape index (κ1) is 21.9. The van der Waals surface area contributed by atoms with E-state index in [1.54, 1.807) is 0 Å². The standard InChI is InChI=1S/C20H12ClF3N2O5S/c21-13-3-8-16(9-4-13)32(27,28)11-15-7-10-17(29-15)19-25-18(26-31-19)12-1-5-14(6-2-12)30-20(22,23)24/h1-10H,11H2. The molecule has 0 N–H and O–H groups in total. The Bertz CT molecular complexity index is 1330. The molecule has 166 valence electrons. The molecule has 0 saturated carbocycles. The number of ether oxygens (including phenoxy) is 1. The van der Waals surface area contributed by atoms with Crippen molar-refractivity contribution in [2.24, 2.45) is 0 Å². The number of sulfone groups is 1. The molecule has 0 aliphatic heterocycles. The van der Waals surface area contributed by atoms with Crippen molar-refractivity contribution in [1.82, 2.24) is 10.1 Å². The van der Waals surface area contributed by atoms with Crippen molar-refractivity contribution in [3.8, 4) is 28.8 Å². The Hall–Kier alpha value is -3.31. The molecular weight excluding hydrogens is 473 g/mol. The number of benzene rings is 2. The summed E-state index contributed by atoms with van der Waals surface area (Å²) in [6.07, 6.45) is -4.79. The van der Waals surface area contributed by atoms with Crippen molar-refractivity contribution >= 4 is 21.4 Å². The number of halogens is 4. The van der Waals surface area contributed by atoms with E-state index < -0.39 is 22.0 Å².